The molecule has 6 nitrogen and oxygen atoms in total. The molecule has 0 unspecified atom stereocenters. The van der Waals surface area contributed by atoms with Crippen LogP contribution in [0.1, 0.15) is 10.4 Å². The van der Waals surface area contributed by atoms with Gasteiger partial charge in [0.2, 0.25) is 0 Å². The van der Waals surface area contributed by atoms with Crippen LogP contribution in [0.5, 0.6) is 23.0 Å². The Labute approximate surface area is 133 Å². The van der Waals surface area contributed by atoms with Crippen molar-refractivity contribution in [3.8, 4) is 23.0 Å². The number of nitrogens with one attached hydrogen (secondary N) is 1. The Morgan fingerprint density at radius 2 is 1.78 bits per heavy atom. The lowest BCUT2D eigenvalue weighted by Gasteiger charge is -2.19. The number of carbonyl (C=O) groups is 1. The van der Waals surface area contributed by atoms with Crippen molar-refractivity contribution >= 4 is 11.6 Å². The molecular weight excluding hydrogens is 298 g/mol. The van der Waals surface area contributed by atoms with Crippen LogP contribution in [0.2, 0.25) is 0 Å². The molecular formula is C17H17NO5. The highest BCUT2D eigenvalue weighted by atomic mass is 16.6. The molecule has 1 aliphatic rings. The summed E-state index contributed by atoms with van der Waals surface area (Å²) < 4.78 is 21.4. The van der Waals surface area contributed by atoms with E-state index in [-0.39, 0.29) is 5.91 Å². The van der Waals surface area contributed by atoms with Crippen molar-refractivity contribution in [2.75, 3.05) is 32.8 Å². The second kappa shape index (κ2) is 6.48. The van der Waals surface area contributed by atoms with E-state index in [0.29, 0.717) is 47.5 Å². The molecule has 1 N–H and O–H groups in total. The third kappa shape index (κ3) is 3.15. The van der Waals surface area contributed by atoms with E-state index in [4.69, 9.17) is 18.9 Å². The van der Waals surface area contributed by atoms with E-state index in [2.05, 4.69) is 5.32 Å². The summed E-state index contributed by atoms with van der Waals surface area (Å²) in [5.41, 5.74) is 1.01. The van der Waals surface area contributed by atoms with Crippen LogP contribution in [0.15, 0.2) is 36.4 Å². The van der Waals surface area contributed by atoms with Crippen LogP contribution in [-0.4, -0.2) is 33.3 Å². The van der Waals surface area contributed by atoms with Crippen LogP contribution >= 0.6 is 0 Å². The Morgan fingerprint density at radius 1 is 1.00 bits per heavy atom. The molecule has 0 spiro atoms. The van der Waals surface area contributed by atoms with Crippen LogP contribution in [0.25, 0.3) is 0 Å². The molecule has 0 radical (unpaired) electrons. The highest BCUT2D eigenvalue weighted by Crippen LogP contribution is 2.32. The molecule has 3 rings (SSSR count). The summed E-state index contributed by atoms with van der Waals surface area (Å²) in [6.07, 6.45) is 0. The van der Waals surface area contributed by atoms with Crippen molar-refractivity contribution in [1.82, 2.24) is 0 Å². The van der Waals surface area contributed by atoms with Gasteiger partial charge in [-0.15, -0.1) is 0 Å². The molecule has 2 aromatic rings. The van der Waals surface area contributed by atoms with Crippen molar-refractivity contribution in [2.45, 2.75) is 0 Å². The fourth-order valence-corrected chi connectivity index (χ4v) is 2.29. The average molecular weight is 315 g/mol. The van der Waals surface area contributed by atoms with E-state index in [1.807, 2.05) is 0 Å². The van der Waals surface area contributed by atoms with Crippen LogP contribution < -0.4 is 24.3 Å². The highest BCUT2D eigenvalue weighted by Gasteiger charge is 2.16. The summed E-state index contributed by atoms with van der Waals surface area (Å²) in [6.45, 7) is 0.987. The van der Waals surface area contributed by atoms with Gasteiger partial charge in [0.15, 0.2) is 11.5 Å². The number of carbonyl (C=O) groups excluding carboxylic acids is 1. The maximum absolute atomic E-state index is 12.5. The molecule has 0 fully saturated rings. The Bertz CT molecular complexity index is 729. The van der Waals surface area contributed by atoms with Gasteiger partial charge in [-0.05, 0) is 30.3 Å². The minimum Gasteiger partial charge on any atom is -0.497 e. The summed E-state index contributed by atoms with van der Waals surface area (Å²) in [7, 11) is 3.11. The summed E-state index contributed by atoms with van der Waals surface area (Å²) in [4.78, 5) is 12.5. The molecule has 0 saturated heterocycles. The van der Waals surface area contributed by atoms with Gasteiger partial charge in [-0.25, -0.2) is 0 Å². The summed E-state index contributed by atoms with van der Waals surface area (Å²) in [5, 5.41) is 2.82. The lowest BCUT2D eigenvalue weighted by atomic mass is 10.1. The molecule has 2 aromatic carbocycles. The lowest BCUT2D eigenvalue weighted by Crippen LogP contribution is -2.17. The van der Waals surface area contributed by atoms with Gasteiger partial charge in [0.1, 0.15) is 24.7 Å². The Hall–Kier alpha value is -2.89. The van der Waals surface area contributed by atoms with Gasteiger partial charge in [0.25, 0.3) is 5.91 Å². The number of ether oxygens (including phenoxy) is 4. The summed E-state index contributed by atoms with van der Waals surface area (Å²) in [5.74, 6) is 2.13. The van der Waals surface area contributed by atoms with Crippen molar-refractivity contribution in [1.29, 1.82) is 0 Å². The molecule has 0 atom stereocenters. The molecule has 1 aliphatic heterocycles. The van der Waals surface area contributed by atoms with Gasteiger partial charge in [0, 0.05) is 11.6 Å². The monoisotopic (exact) mass is 315 g/mol. The Kier molecular flexibility index (Phi) is 4.23. The predicted molar refractivity (Wildman–Crippen MR) is 84.9 cm³/mol. The number of anilines is 1. The van der Waals surface area contributed by atoms with Crippen molar-refractivity contribution in [3.63, 3.8) is 0 Å². The van der Waals surface area contributed by atoms with E-state index in [0.717, 1.165) is 0 Å². The zero-order valence-electron chi connectivity index (χ0n) is 12.9. The zero-order chi connectivity index (χ0) is 16.2. The minimum atomic E-state index is -0.270. The first kappa shape index (κ1) is 15.0. The number of benzene rings is 2. The first-order valence-electron chi connectivity index (χ1n) is 7.14. The van der Waals surface area contributed by atoms with Crippen molar-refractivity contribution in [2.24, 2.45) is 0 Å². The smallest absolute Gasteiger partial charge is 0.255 e. The maximum Gasteiger partial charge on any atom is 0.255 e. The normalized spacial score (nSPS) is 12.4. The van der Waals surface area contributed by atoms with E-state index in [1.165, 1.54) is 0 Å². The van der Waals surface area contributed by atoms with Gasteiger partial charge in [0.05, 0.1) is 19.9 Å². The first-order chi connectivity index (χ1) is 11.2. The van der Waals surface area contributed by atoms with E-state index in [9.17, 15) is 4.79 Å². The third-order valence-electron chi connectivity index (χ3n) is 3.46. The van der Waals surface area contributed by atoms with Gasteiger partial charge >= 0.3 is 0 Å². The zero-order valence-corrected chi connectivity index (χ0v) is 12.9. The van der Waals surface area contributed by atoms with Gasteiger partial charge < -0.3 is 24.3 Å². The van der Waals surface area contributed by atoms with Crippen molar-refractivity contribution < 1.29 is 23.7 Å². The van der Waals surface area contributed by atoms with Crippen LogP contribution in [0, 0.1) is 0 Å². The fraction of sp³-hybridized carbons (Fsp3) is 0.235. The maximum atomic E-state index is 12.5. The SMILES string of the molecule is COc1ccc(OC)c(NC(=O)c2ccc3c(c2)OCCO3)c1. The first-order valence-corrected chi connectivity index (χ1v) is 7.14. The number of methoxy groups -OCH3 is 2. The topological polar surface area (TPSA) is 66.0 Å². The molecule has 1 heterocycles. The Morgan fingerprint density at radius 3 is 2.52 bits per heavy atom. The largest absolute Gasteiger partial charge is 0.497 e. The number of amides is 1. The van der Waals surface area contributed by atoms with E-state index in [1.54, 1.807) is 50.6 Å². The molecule has 6 heteroatoms. The molecule has 0 aliphatic carbocycles. The Balaban J connectivity index is 1.84. The average Bonchev–Trinajstić information content (AvgIpc) is 2.61. The fourth-order valence-electron chi connectivity index (χ4n) is 2.29. The third-order valence-corrected chi connectivity index (χ3v) is 3.46. The van der Waals surface area contributed by atoms with Gasteiger partial charge in [-0.2, -0.15) is 0 Å². The lowest BCUT2D eigenvalue weighted by molar-refractivity contribution is 0.102. The molecule has 0 bridgehead atoms. The number of fused-ring (bicyclic) bond motifs is 1. The summed E-state index contributed by atoms with van der Waals surface area (Å²) >= 11 is 0. The molecule has 120 valence electrons. The number of hydrogen-bond donors (Lipinski definition) is 1. The molecule has 1 amide bonds. The second-order valence-electron chi connectivity index (χ2n) is 4.88. The standard InChI is InChI=1S/C17H17NO5/c1-20-12-4-6-14(21-2)13(10-12)18-17(19)11-3-5-15-16(9-11)23-8-7-22-15/h3-6,9-10H,7-8H2,1-2H3,(H,18,19). The molecule has 23 heavy (non-hydrogen) atoms. The molecule has 0 saturated carbocycles. The predicted octanol–water partition coefficient (Wildman–Crippen LogP) is 2.73. The van der Waals surface area contributed by atoms with Gasteiger partial charge in [-0.1, -0.05) is 0 Å². The highest BCUT2D eigenvalue weighted by molar-refractivity contribution is 6.05. The summed E-state index contributed by atoms with van der Waals surface area (Å²) in [6, 6.07) is 10.3. The molecule has 0 aromatic heterocycles. The van der Waals surface area contributed by atoms with Crippen molar-refractivity contribution in [3.05, 3.63) is 42.0 Å². The van der Waals surface area contributed by atoms with E-state index >= 15 is 0 Å². The van der Waals surface area contributed by atoms with Crippen LogP contribution in [0.4, 0.5) is 5.69 Å². The van der Waals surface area contributed by atoms with E-state index < -0.39 is 0 Å². The van der Waals surface area contributed by atoms with Crippen LogP contribution in [0.3, 0.4) is 0 Å². The number of rotatable bonds is 4. The van der Waals surface area contributed by atoms with Gasteiger partial charge in [-0.3, -0.25) is 4.79 Å². The second-order valence-corrected chi connectivity index (χ2v) is 4.88. The minimum absolute atomic E-state index is 0.270. The quantitative estimate of drug-likeness (QED) is 0.940. The number of hydrogen-bond acceptors (Lipinski definition) is 5. The van der Waals surface area contributed by atoms with Crippen LogP contribution in [-0.2, 0) is 0 Å².